The van der Waals surface area contributed by atoms with E-state index in [0.29, 0.717) is 27.6 Å². The maximum Gasteiger partial charge on any atom is 0.418 e. The number of alkyl halides is 3. The average molecular weight is 501 g/mol. The molecule has 34 heavy (non-hydrogen) atoms. The Balaban J connectivity index is 1.81. The van der Waals surface area contributed by atoms with E-state index in [4.69, 9.17) is 23.2 Å². The molecule has 0 unspecified atom stereocenters. The van der Waals surface area contributed by atoms with Crippen molar-refractivity contribution in [3.8, 4) is 28.3 Å². The van der Waals surface area contributed by atoms with Gasteiger partial charge in [0.25, 0.3) is 5.56 Å². The van der Waals surface area contributed by atoms with Gasteiger partial charge in [-0.05, 0) is 36.4 Å². The molecule has 3 heterocycles. The second-order valence-corrected chi connectivity index (χ2v) is 8.11. The predicted octanol–water partition coefficient (Wildman–Crippen LogP) is 6.54. The minimum absolute atomic E-state index is 0.223. The third-order valence-corrected chi connectivity index (χ3v) is 6.04. The molecule has 0 bridgehead atoms. The molecule has 0 spiro atoms. The van der Waals surface area contributed by atoms with E-state index in [2.05, 4.69) is 10.1 Å². The number of benzene rings is 2. The van der Waals surface area contributed by atoms with E-state index in [-0.39, 0.29) is 16.4 Å². The molecule has 0 radical (unpaired) electrons. The lowest BCUT2D eigenvalue weighted by atomic mass is 10.1. The molecule has 0 fully saturated rings. The Morgan fingerprint density at radius 1 is 0.853 bits per heavy atom. The van der Waals surface area contributed by atoms with Gasteiger partial charge in [-0.15, -0.1) is 0 Å². The van der Waals surface area contributed by atoms with E-state index < -0.39 is 17.3 Å². The first-order chi connectivity index (χ1) is 16.3. The molecule has 0 atom stereocenters. The van der Waals surface area contributed by atoms with Crippen LogP contribution >= 0.6 is 23.2 Å². The topological polar surface area (TPSA) is 52.2 Å². The molecule has 0 aliphatic rings. The van der Waals surface area contributed by atoms with Crippen LogP contribution in [0.1, 0.15) is 5.56 Å². The van der Waals surface area contributed by atoms with E-state index in [1.54, 1.807) is 47.0 Å². The summed E-state index contributed by atoms with van der Waals surface area (Å²) in [5.74, 6) is 0. The van der Waals surface area contributed by atoms with E-state index in [1.165, 1.54) is 30.3 Å². The van der Waals surface area contributed by atoms with Crippen molar-refractivity contribution >= 4 is 28.8 Å². The molecule has 0 saturated heterocycles. The molecule has 170 valence electrons. The van der Waals surface area contributed by atoms with Crippen molar-refractivity contribution < 1.29 is 13.2 Å². The Labute approximate surface area is 200 Å². The smallest absolute Gasteiger partial charge is 0.298 e. The molecular formula is C24H13Cl2F3N4O. The Kier molecular flexibility index (Phi) is 5.42. The summed E-state index contributed by atoms with van der Waals surface area (Å²) in [6.45, 7) is 0. The molecule has 5 aromatic rings. The maximum atomic E-state index is 13.6. The summed E-state index contributed by atoms with van der Waals surface area (Å²) >= 11 is 12.7. The number of hydrogen-bond donors (Lipinski definition) is 0. The number of nitrogens with zero attached hydrogens (tertiary/aromatic N) is 4. The summed E-state index contributed by atoms with van der Waals surface area (Å²) < 4.78 is 43.4. The summed E-state index contributed by atoms with van der Waals surface area (Å²) in [4.78, 5) is 17.3. The predicted molar refractivity (Wildman–Crippen MR) is 124 cm³/mol. The number of halogens is 5. The summed E-state index contributed by atoms with van der Waals surface area (Å²) in [5, 5.41) is 4.90. The van der Waals surface area contributed by atoms with Crippen molar-refractivity contribution in [3.05, 3.63) is 105 Å². The number of rotatable bonds is 3. The van der Waals surface area contributed by atoms with Crippen molar-refractivity contribution in [2.75, 3.05) is 0 Å². The second kappa shape index (κ2) is 8.30. The largest absolute Gasteiger partial charge is 0.418 e. The summed E-state index contributed by atoms with van der Waals surface area (Å²) in [6, 6.07) is 17.8. The molecule has 0 saturated carbocycles. The fourth-order valence-electron chi connectivity index (χ4n) is 3.72. The lowest BCUT2D eigenvalue weighted by molar-refractivity contribution is -0.137. The summed E-state index contributed by atoms with van der Waals surface area (Å²) in [7, 11) is 0. The zero-order valence-corrected chi connectivity index (χ0v) is 18.6. The summed E-state index contributed by atoms with van der Waals surface area (Å²) in [5.41, 5.74) is 0.0920. The Morgan fingerprint density at radius 3 is 2.41 bits per heavy atom. The highest BCUT2D eigenvalue weighted by molar-refractivity contribution is 6.43. The molecule has 2 aromatic carbocycles. The lowest BCUT2D eigenvalue weighted by Gasteiger charge is -2.14. The molecule has 5 nitrogen and oxygen atoms in total. The van der Waals surface area contributed by atoms with Crippen molar-refractivity contribution in [2.24, 2.45) is 0 Å². The molecule has 3 aromatic heterocycles. The van der Waals surface area contributed by atoms with Crippen LogP contribution in [-0.4, -0.2) is 19.2 Å². The van der Waals surface area contributed by atoms with E-state index in [1.807, 2.05) is 0 Å². The van der Waals surface area contributed by atoms with Gasteiger partial charge in [0.2, 0.25) is 0 Å². The van der Waals surface area contributed by atoms with E-state index >= 15 is 0 Å². The van der Waals surface area contributed by atoms with Crippen LogP contribution in [-0.2, 0) is 6.18 Å². The van der Waals surface area contributed by atoms with Gasteiger partial charge in [0, 0.05) is 17.8 Å². The van der Waals surface area contributed by atoms with Crippen LogP contribution in [0.15, 0.2) is 83.8 Å². The highest BCUT2D eigenvalue weighted by Gasteiger charge is 2.34. The fourth-order valence-corrected chi connectivity index (χ4v) is 4.11. The van der Waals surface area contributed by atoms with Gasteiger partial charge in [0.1, 0.15) is 22.7 Å². The average Bonchev–Trinajstić information content (AvgIpc) is 3.20. The van der Waals surface area contributed by atoms with Crippen LogP contribution < -0.4 is 5.56 Å². The number of pyridine rings is 1. The second-order valence-electron chi connectivity index (χ2n) is 7.32. The molecule has 0 amide bonds. The zero-order valence-electron chi connectivity index (χ0n) is 17.1. The Morgan fingerprint density at radius 2 is 1.62 bits per heavy atom. The van der Waals surface area contributed by atoms with Gasteiger partial charge in [-0.1, -0.05) is 53.5 Å². The molecule has 10 heteroatoms. The van der Waals surface area contributed by atoms with Crippen molar-refractivity contribution in [2.45, 2.75) is 6.18 Å². The number of hydrogen-bond acceptors (Lipinski definition) is 3. The van der Waals surface area contributed by atoms with E-state index in [0.717, 1.165) is 10.7 Å². The first kappa shape index (κ1) is 22.2. The van der Waals surface area contributed by atoms with Gasteiger partial charge in [0.05, 0.1) is 21.3 Å². The van der Waals surface area contributed by atoms with Crippen molar-refractivity contribution in [1.29, 1.82) is 0 Å². The Bertz CT molecular complexity index is 1610. The molecule has 0 aliphatic heterocycles. The standard InChI is InChI=1S/C24H13Cl2F3N4O/c25-16-8-5-6-14(21(16)26)22-23(32-13-4-3-10-19(32)30-22)17-11-12-20(34)33(31-17)18-9-2-1-7-15(18)24(27,28)29/h1-13H. The normalized spacial score (nSPS) is 11.8. The van der Waals surface area contributed by atoms with Crippen LogP contribution in [0, 0.1) is 0 Å². The number of para-hydroxylation sites is 1. The monoisotopic (exact) mass is 500 g/mol. The van der Waals surface area contributed by atoms with Crippen molar-refractivity contribution in [3.63, 3.8) is 0 Å². The third-order valence-electron chi connectivity index (χ3n) is 5.22. The first-order valence-electron chi connectivity index (χ1n) is 9.94. The van der Waals surface area contributed by atoms with Gasteiger partial charge in [-0.2, -0.15) is 23.0 Å². The molecule has 5 rings (SSSR count). The Hall–Kier alpha value is -3.62. The minimum atomic E-state index is -4.67. The van der Waals surface area contributed by atoms with Crippen LogP contribution in [0.4, 0.5) is 13.2 Å². The van der Waals surface area contributed by atoms with Crippen molar-refractivity contribution in [1.82, 2.24) is 19.2 Å². The van der Waals surface area contributed by atoms with Crippen LogP contribution in [0.5, 0.6) is 0 Å². The first-order valence-corrected chi connectivity index (χ1v) is 10.7. The maximum absolute atomic E-state index is 13.6. The highest BCUT2D eigenvalue weighted by atomic mass is 35.5. The minimum Gasteiger partial charge on any atom is -0.298 e. The number of fused-ring (bicyclic) bond motifs is 1. The fraction of sp³-hybridized carbons (Fsp3) is 0.0417. The van der Waals surface area contributed by atoms with Gasteiger partial charge in [-0.25, -0.2) is 4.98 Å². The van der Waals surface area contributed by atoms with Gasteiger partial charge in [0.15, 0.2) is 0 Å². The van der Waals surface area contributed by atoms with Gasteiger partial charge >= 0.3 is 6.18 Å². The summed E-state index contributed by atoms with van der Waals surface area (Å²) in [6.07, 6.45) is -2.93. The number of aromatic nitrogens is 4. The number of imidazole rings is 1. The SMILES string of the molecule is O=c1ccc(-c2c(-c3cccc(Cl)c3Cl)nc3ccccn23)nn1-c1ccccc1C(F)(F)F. The van der Waals surface area contributed by atoms with Gasteiger partial charge in [-0.3, -0.25) is 9.20 Å². The van der Waals surface area contributed by atoms with Gasteiger partial charge < -0.3 is 0 Å². The highest BCUT2D eigenvalue weighted by Crippen LogP contribution is 2.38. The quantitative estimate of drug-likeness (QED) is 0.282. The third kappa shape index (κ3) is 3.74. The molecule has 0 aliphatic carbocycles. The lowest BCUT2D eigenvalue weighted by Crippen LogP contribution is -2.23. The van der Waals surface area contributed by atoms with Crippen LogP contribution in [0.25, 0.3) is 34.0 Å². The van der Waals surface area contributed by atoms with Crippen LogP contribution in [0.2, 0.25) is 10.0 Å². The zero-order chi connectivity index (χ0) is 24.0. The molecular weight excluding hydrogens is 488 g/mol. The van der Waals surface area contributed by atoms with E-state index in [9.17, 15) is 18.0 Å². The molecule has 0 N–H and O–H groups in total. The van der Waals surface area contributed by atoms with Crippen LogP contribution in [0.3, 0.4) is 0 Å².